The van der Waals surface area contributed by atoms with Gasteiger partial charge in [0.1, 0.15) is 10.6 Å². The first kappa shape index (κ1) is 14.1. The van der Waals surface area contributed by atoms with Crippen LogP contribution in [0.25, 0.3) is 10.8 Å². The highest BCUT2D eigenvalue weighted by Gasteiger charge is 2.15. The molecule has 1 N–H and O–H groups in total. The normalized spacial score (nSPS) is 10.6. The summed E-state index contributed by atoms with van der Waals surface area (Å²) < 4.78 is 6.20. The van der Waals surface area contributed by atoms with E-state index in [0.717, 1.165) is 20.9 Å². The van der Waals surface area contributed by atoms with Gasteiger partial charge < -0.3 is 10.1 Å². The molecule has 0 aliphatic carbocycles. The van der Waals surface area contributed by atoms with Crippen molar-refractivity contribution in [2.24, 2.45) is 0 Å². The van der Waals surface area contributed by atoms with Crippen molar-refractivity contribution in [2.75, 3.05) is 12.4 Å². The van der Waals surface area contributed by atoms with E-state index in [1.54, 1.807) is 13.2 Å². The van der Waals surface area contributed by atoms with Gasteiger partial charge in [0.25, 0.3) is 5.91 Å². The molecule has 1 amide bonds. The van der Waals surface area contributed by atoms with E-state index in [1.165, 1.54) is 11.3 Å². The Labute approximate surface area is 134 Å². The van der Waals surface area contributed by atoms with Gasteiger partial charge in [-0.2, -0.15) is 0 Å². The van der Waals surface area contributed by atoms with Crippen molar-refractivity contribution >= 4 is 49.6 Å². The fraction of sp³-hybridized carbons (Fsp3) is 0.0625. The lowest BCUT2D eigenvalue weighted by Gasteiger charge is -2.10. The van der Waals surface area contributed by atoms with Crippen LogP contribution >= 0.6 is 27.3 Å². The Morgan fingerprint density at radius 3 is 2.67 bits per heavy atom. The minimum atomic E-state index is -0.158. The van der Waals surface area contributed by atoms with Gasteiger partial charge >= 0.3 is 0 Å². The molecule has 2 aromatic carbocycles. The Morgan fingerprint density at radius 2 is 1.90 bits per heavy atom. The van der Waals surface area contributed by atoms with Crippen LogP contribution in [0.15, 0.2) is 52.3 Å². The van der Waals surface area contributed by atoms with Crippen LogP contribution in [0.4, 0.5) is 5.69 Å². The smallest absolute Gasteiger partial charge is 0.269 e. The summed E-state index contributed by atoms with van der Waals surface area (Å²) in [5.74, 6) is 0.438. The third-order valence-electron chi connectivity index (χ3n) is 3.17. The average Bonchev–Trinajstić information content (AvgIpc) is 2.99. The number of nitrogens with one attached hydrogen (secondary N) is 1. The van der Waals surface area contributed by atoms with Gasteiger partial charge in [0.05, 0.1) is 7.11 Å². The van der Waals surface area contributed by atoms with E-state index in [-0.39, 0.29) is 5.91 Å². The molecule has 0 unspecified atom stereocenters. The first-order valence-electron chi connectivity index (χ1n) is 6.31. The highest BCUT2D eigenvalue weighted by atomic mass is 79.9. The number of methoxy groups -OCH3 is 1. The molecule has 5 heteroatoms. The van der Waals surface area contributed by atoms with Crippen LogP contribution in [0.3, 0.4) is 0 Å². The van der Waals surface area contributed by atoms with Gasteiger partial charge in [-0.05, 0) is 29.0 Å². The summed E-state index contributed by atoms with van der Waals surface area (Å²) in [4.78, 5) is 13.0. The van der Waals surface area contributed by atoms with E-state index in [1.807, 2.05) is 41.8 Å². The number of anilines is 1. The van der Waals surface area contributed by atoms with Crippen LogP contribution in [0, 0.1) is 0 Å². The van der Waals surface area contributed by atoms with Gasteiger partial charge in [0.2, 0.25) is 0 Å². The largest absolute Gasteiger partial charge is 0.495 e. The number of fused-ring (bicyclic) bond motifs is 1. The lowest BCUT2D eigenvalue weighted by Crippen LogP contribution is -2.11. The van der Waals surface area contributed by atoms with Gasteiger partial charge in [0, 0.05) is 15.5 Å². The van der Waals surface area contributed by atoms with Crippen molar-refractivity contribution in [3.8, 4) is 5.75 Å². The van der Waals surface area contributed by atoms with E-state index < -0.39 is 0 Å². The van der Waals surface area contributed by atoms with Gasteiger partial charge in [-0.3, -0.25) is 4.79 Å². The summed E-state index contributed by atoms with van der Waals surface area (Å²) in [6.07, 6.45) is 0. The molecular weight excluding hydrogens is 350 g/mol. The van der Waals surface area contributed by atoms with Gasteiger partial charge in [-0.1, -0.05) is 40.2 Å². The second-order valence-electron chi connectivity index (χ2n) is 4.41. The Bertz CT molecular complexity index is 813. The molecular formula is C16H12BrNO2S. The number of hydrogen-bond donors (Lipinski definition) is 1. The van der Waals surface area contributed by atoms with Crippen LogP contribution in [-0.4, -0.2) is 13.0 Å². The van der Waals surface area contributed by atoms with Crippen molar-refractivity contribution in [2.45, 2.75) is 0 Å². The molecule has 0 bridgehead atoms. The number of thiophene rings is 1. The van der Waals surface area contributed by atoms with E-state index >= 15 is 0 Å². The Kier molecular flexibility index (Phi) is 3.94. The summed E-state index contributed by atoms with van der Waals surface area (Å²) in [7, 11) is 1.56. The zero-order valence-corrected chi connectivity index (χ0v) is 13.6. The van der Waals surface area contributed by atoms with Crippen molar-refractivity contribution in [1.29, 1.82) is 0 Å². The highest BCUT2D eigenvalue weighted by molar-refractivity contribution is 9.10. The summed E-state index contributed by atoms with van der Waals surface area (Å²) in [6.45, 7) is 0. The zero-order chi connectivity index (χ0) is 14.8. The first-order chi connectivity index (χ1) is 10.2. The number of carbonyl (C=O) groups excluding carboxylic acids is 1. The maximum atomic E-state index is 12.4. The SMILES string of the molecule is COc1ccsc1C(=O)Nc1ccc(Br)c2ccccc12. The maximum Gasteiger partial charge on any atom is 0.269 e. The Hall–Kier alpha value is -1.85. The molecule has 0 fully saturated rings. The Balaban J connectivity index is 1.99. The molecule has 0 saturated carbocycles. The van der Waals surface area contributed by atoms with Gasteiger partial charge in [-0.25, -0.2) is 0 Å². The monoisotopic (exact) mass is 361 g/mol. The van der Waals surface area contributed by atoms with E-state index in [0.29, 0.717) is 10.6 Å². The molecule has 0 atom stereocenters. The van der Waals surface area contributed by atoms with Crippen LogP contribution in [0.5, 0.6) is 5.75 Å². The maximum absolute atomic E-state index is 12.4. The number of ether oxygens (including phenoxy) is 1. The lowest BCUT2D eigenvalue weighted by atomic mass is 10.1. The molecule has 0 aliphatic rings. The van der Waals surface area contributed by atoms with Crippen LogP contribution < -0.4 is 10.1 Å². The summed E-state index contributed by atoms with van der Waals surface area (Å²) in [5, 5.41) is 6.86. The van der Waals surface area contributed by atoms with E-state index in [9.17, 15) is 4.79 Å². The molecule has 0 saturated heterocycles. The van der Waals surface area contributed by atoms with Crippen molar-refractivity contribution in [1.82, 2.24) is 0 Å². The number of halogens is 1. The molecule has 1 aromatic heterocycles. The topological polar surface area (TPSA) is 38.3 Å². The molecule has 1 heterocycles. The van der Waals surface area contributed by atoms with E-state index in [2.05, 4.69) is 21.2 Å². The van der Waals surface area contributed by atoms with Crippen molar-refractivity contribution in [3.05, 3.63) is 57.2 Å². The fourth-order valence-corrected chi connectivity index (χ4v) is 3.41. The highest BCUT2D eigenvalue weighted by Crippen LogP contribution is 2.31. The molecule has 21 heavy (non-hydrogen) atoms. The number of rotatable bonds is 3. The predicted octanol–water partition coefficient (Wildman–Crippen LogP) is 4.92. The third kappa shape index (κ3) is 2.66. The molecule has 3 rings (SSSR count). The molecule has 106 valence electrons. The van der Waals surface area contributed by atoms with Crippen LogP contribution in [0.1, 0.15) is 9.67 Å². The summed E-state index contributed by atoms with van der Waals surface area (Å²) in [6, 6.07) is 13.5. The van der Waals surface area contributed by atoms with Crippen molar-refractivity contribution in [3.63, 3.8) is 0 Å². The van der Waals surface area contributed by atoms with Gasteiger partial charge in [0.15, 0.2) is 0 Å². The zero-order valence-electron chi connectivity index (χ0n) is 11.2. The second-order valence-corrected chi connectivity index (χ2v) is 6.18. The Morgan fingerprint density at radius 1 is 1.14 bits per heavy atom. The number of benzene rings is 2. The molecule has 0 aliphatic heterocycles. The quantitative estimate of drug-likeness (QED) is 0.718. The standard InChI is InChI=1S/C16H12BrNO2S/c1-20-14-8-9-21-15(14)16(19)18-13-7-6-12(17)10-4-2-3-5-11(10)13/h2-9H,1H3,(H,18,19). The average molecular weight is 362 g/mol. The number of hydrogen-bond acceptors (Lipinski definition) is 3. The van der Waals surface area contributed by atoms with Crippen LogP contribution in [0.2, 0.25) is 0 Å². The summed E-state index contributed by atoms with van der Waals surface area (Å²) >= 11 is 4.89. The van der Waals surface area contributed by atoms with Gasteiger partial charge in [-0.15, -0.1) is 11.3 Å². The fourth-order valence-electron chi connectivity index (χ4n) is 2.17. The molecule has 3 nitrogen and oxygen atoms in total. The number of amides is 1. The molecule has 0 spiro atoms. The molecule has 0 radical (unpaired) electrons. The predicted molar refractivity (Wildman–Crippen MR) is 90.5 cm³/mol. The summed E-state index contributed by atoms with van der Waals surface area (Å²) in [5.41, 5.74) is 0.786. The first-order valence-corrected chi connectivity index (χ1v) is 7.98. The number of carbonyl (C=O) groups is 1. The van der Waals surface area contributed by atoms with Crippen LogP contribution in [-0.2, 0) is 0 Å². The molecule has 3 aromatic rings. The van der Waals surface area contributed by atoms with Crippen molar-refractivity contribution < 1.29 is 9.53 Å². The lowest BCUT2D eigenvalue weighted by molar-refractivity contribution is 0.102. The van der Waals surface area contributed by atoms with E-state index in [4.69, 9.17) is 4.74 Å². The minimum Gasteiger partial charge on any atom is -0.495 e. The minimum absolute atomic E-state index is 0.158. The second kappa shape index (κ2) is 5.87. The third-order valence-corrected chi connectivity index (χ3v) is 4.76.